The lowest BCUT2D eigenvalue weighted by Gasteiger charge is -2.20. The summed E-state index contributed by atoms with van der Waals surface area (Å²) in [5.74, 6) is 1.13. The molecule has 6 nitrogen and oxygen atoms in total. The van der Waals surface area contributed by atoms with Gasteiger partial charge in [-0.1, -0.05) is 6.07 Å². The molecule has 1 fully saturated rings. The zero-order valence-electron chi connectivity index (χ0n) is 14.6. The second-order valence-electron chi connectivity index (χ2n) is 6.46. The van der Waals surface area contributed by atoms with Gasteiger partial charge >= 0.3 is 0 Å². The number of anilines is 2. The molecule has 2 aromatic carbocycles. The first kappa shape index (κ1) is 16.4. The van der Waals surface area contributed by atoms with Crippen LogP contribution in [0.4, 0.5) is 11.4 Å². The zero-order chi connectivity index (χ0) is 18.1. The number of carbonyl (C=O) groups excluding carboxylic acids is 2. The number of amides is 2. The van der Waals surface area contributed by atoms with Crippen LogP contribution in [0.1, 0.15) is 28.8 Å². The molecule has 2 heterocycles. The molecular weight excluding hydrogens is 332 g/mol. The van der Waals surface area contributed by atoms with Crippen molar-refractivity contribution < 1.29 is 19.1 Å². The van der Waals surface area contributed by atoms with Crippen LogP contribution in [-0.4, -0.2) is 31.6 Å². The lowest BCUT2D eigenvalue weighted by Crippen LogP contribution is -2.24. The molecule has 26 heavy (non-hydrogen) atoms. The Balaban J connectivity index is 1.55. The lowest BCUT2D eigenvalue weighted by atomic mass is 10.1. The van der Waals surface area contributed by atoms with Crippen LogP contribution in [0.15, 0.2) is 36.4 Å². The molecule has 0 atom stereocenters. The van der Waals surface area contributed by atoms with E-state index < -0.39 is 0 Å². The topological polar surface area (TPSA) is 67.9 Å². The minimum Gasteiger partial charge on any atom is -0.486 e. The summed E-state index contributed by atoms with van der Waals surface area (Å²) in [6, 6.07) is 10.8. The highest BCUT2D eigenvalue weighted by atomic mass is 16.6. The van der Waals surface area contributed by atoms with E-state index in [1.165, 1.54) is 0 Å². The molecule has 2 aliphatic heterocycles. The molecule has 0 radical (unpaired) electrons. The molecule has 2 aromatic rings. The highest BCUT2D eigenvalue weighted by molar-refractivity contribution is 6.05. The minimum atomic E-state index is -0.232. The summed E-state index contributed by atoms with van der Waals surface area (Å²) >= 11 is 0. The summed E-state index contributed by atoms with van der Waals surface area (Å²) < 4.78 is 11.0. The Kier molecular flexibility index (Phi) is 4.24. The number of carbonyl (C=O) groups is 2. The van der Waals surface area contributed by atoms with Gasteiger partial charge in [0.1, 0.15) is 13.2 Å². The lowest BCUT2D eigenvalue weighted by molar-refractivity contribution is -0.117. The maximum absolute atomic E-state index is 12.6. The third-order valence-corrected chi connectivity index (χ3v) is 4.64. The highest BCUT2D eigenvalue weighted by Gasteiger charge is 2.23. The predicted octanol–water partition coefficient (Wildman–Crippen LogP) is 3.15. The second kappa shape index (κ2) is 6.71. The SMILES string of the molecule is Cc1ccc(NC(=O)c2ccc3c(c2)OCCO3)cc1N1CCCC1=O. The summed E-state index contributed by atoms with van der Waals surface area (Å²) in [6.45, 7) is 3.68. The van der Waals surface area contributed by atoms with E-state index in [4.69, 9.17) is 9.47 Å². The van der Waals surface area contributed by atoms with E-state index in [1.807, 2.05) is 25.1 Å². The second-order valence-corrected chi connectivity index (χ2v) is 6.46. The summed E-state index contributed by atoms with van der Waals surface area (Å²) in [5, 5.41) is 2.90. The molecule has 2 aliphatic rings. The number of aryl methyl sites for hydroxylation is 1. The monoisotopic (exact) mass is 352 g/mol. The van der Waals surface area contributed by atoms with Crippen LogP contribution in [-0.2, 0) is 4.79 Å². The molecule has 0 spiro atoms. The van der Waals surface area contributed by atoms with Gasteiger partial charge in [0.2, 0.25) is 5.91 Å². The van der Waals surface area contributed by atoms with Crippen molar-refractivity contribution in [2.45, 2.75) is 19.8 Å². The number of benzene rings is 2. The number of rotatable bonds is 3. The molecule has 1 N–H and O–H groups in total. The van der Waals surface area contributed by atoms with E-state index in [2.05, 4.69) is 5.32 Å². The van der Waals surface area contributed by atoms with Gasteiger partial charge in [0.15, 0.2) is 11.5 Å². The normalized spacial score (nSPS) is 15.9. The van der Waals surface area contributed by atoms with Crippen molar-refractivity contribution in [1.82, 2.24) is 0 Å². The third kappa shape index (κ3) is 3.10. The van der Waals surface area contributed by atoms with E-state index in [9.17, 15) is 9.59 Å². The van der Waals surface area contributed by atoms with Crippen LogP contribution < -0.4 is 19.7 Å². The average molecular weight is 352 g/mol. The van der Waals surface area contributed by atoms with Crippen molar-refractivity contribution in [3.63, 3.8) is 0 Å². The molecule has 2 amide bonds. The van der Waals surface area contributed by atoms with Gasteiger partial charge in [0.25, 0.3) is 5.91 Å². The fraction of sp³-hybridized carbons (Fsp3) is 0.300. The fourth-order valence-corrected chi connectivity index (χ4v) is 3.27. The number of hydrogen-bond donors (Lipinski definition) is 1. The number of hydrogen-bond acceptors (Lipinski definition) is 4. The number of nitrogens with zero attached hydrogens (tertiary/aromatic N) is 1. The number of fused-ring (bicyclic) bond motifs is 1. The van der Waals surface area contributed by atoms with Crippen LogP contribution in [0, 0.1) is 6.92 Å². The molecule has 0 saturated carbocycles. The van der Waals surface area contributed by atoms with E-state index in [0.29, 0.717) is 42.4 Å². The van der Waals surface area contributed by atoms with Crippen LogP contribution in [0.5, 0.6) is 11.5 Å². The van der Waals surface area contributed by atoms with Crippen molar-refractivity contribution >= 4 is 23.2 Å². The fourth-order valence-electron chi connectivity index (χ4n) is 3.27. The third-order valence-electron chi connectivity index (χ3n) is 4.64. The van der Waals surface area contributed by atoms with Gasteiger partial charge in [0.05, 0.1) is 0 Å². The Morgan fingerprint density at radius 1 is 1.08 bits per heavy atom. The van der Waals surface area contributed by atoms with Crippen molar-refractivity contribution in [1.29, 1.82) is 0 Å². The number of nitrogens with one attached hydrogen (secondary N) is 1. The first-order valence-electron chi connectivity index (χ1n) is 8.74. The van der Waals surface area contributed by atoms with E-state index in [1.54, 1.807) is 23.1 Å². The summed E-state index contributed by atoms with van der Waals surface area (Å²) in [5.41, 5.74) is 3.02. The standard InChI is InChI=1S/C20H20N2O4/c1-13-4-6-15(12-16(13)22-8-2-3-19(22)23)21-20(24)14-5-7-17-18(11-14)26-10-9-25-17/h4-7,11-12H,2-3,8-10H2,1H3,(H,21,24). The summed E-state index contributed by atoms with van der Waals surface area (Å²) in [4.78, 5) is 26.4. The zero-order valence-corrected chi connectivity index (χ0v) is 14.6. The maximum atomic E-state index is 12.6. The van der Waals surface area contributed by atoms with Crippen molar-refractivity contribution in [3.8, 4) is 11.5 Å². The van der Waals surface area contributed by atoms with Crippen LogP contribution in [0.2, 0.25) is 0 Å². The van der Waals surface area contributed by atoms with Gasteiger partial charge < -0.3 is 19.7 Å². The Morgan fingerprint density at radius 3 is 2.65 bits per heavy atom. The van der Waals surface area contributed by atoms with Gasteiger partial charge in [-0.15, -0.1) is 0 Å². The van der Waals surface area contributed by atoms with Gasteiger partial charge in [0, 0.05) is 29.9 Å². The van der Waals surface area contributed by atoms with Gasteiger partial charge in [-0.3, -0.25) is 9.59 Å². The molecule has 0 bridgehead atoms. The molecule has 0 aromatic heterocycles. The molecule has 0 aliphatic carbocycles. The Bertz CT molecular complexity index is 878. The highest BCUT2D eigenvalue weighted by Crippen LogP contribution is 2.32. The van der Waals surface area contributed by atoms with Crippen LogP contribution in [0.3, 0.4) is 0 Å². The molecule has 1 saturated heterocycles. The van der Waals surface area contributed by atoms with Gasteiger partial charge in [-0.05, 0) is 49.2 Å². The van der Waals surface area contributed by atoms with E-state index >= 15 is 0 Å². The maximum Gasteiger partial charge on any atom is 0.255 e. The first-order valence-corrected chi connectivity index (χ1v) is 8.74. The van der Waals surface area contributed by atoms with Crippen molar-refractivity contribution in [3.05, 3.63) is 47.5 Å². The van der Waals surface area contributed by atoms with Gasteiger partial charge in [-0.25, -0.2) is 0 Å². The number of ether oxygens (including phenoxy) is 2. The first-order chi connectivity index (χ1) is 12.6. The summed E-state index contributed by atoms with van der Waals surface area (Å²) in [7, 11) is 0. The Morgan fingerprint density at radius 2 is 1.88 bits per heavy atom. The summed E-state index contributed by atoms with van der Waals surface area (Å²) in [6.07, 6.45) is 1.44. The Labute approximate surface area is 151 Å². The van der Waals surface area contributed by atoms with Crippen molar-refractivity contribution in [2.24, 2.45) is 0 Å². The average Bonchev–Trinajstić information content (AvgIpc) is 3.08. The van der Waals surface area contributed by atoms with Gasteiger partial charge in [-0.2, -0.15) is 0 Å². The van der Waals surface area contributed by atoms with E-state index in [-0.39, 0.29) is 11.8 Å². The predicted molar refractivity (Wildman–Crippen MR) is 98.2 cm³/mol. The van der Waals surface area contributed by atoms with Crippen LogP contribution in [0.25, 0.3) is 0 Å². The smallest absolute Gasteiger partial charge is 0.255 e. The quantitative estimate of drug-likeness (QED) is 0.921. The molecular formula is C20H20N2O4. The van der Waals surface area contributed by atoms with Crippen LogP contribution >= 0.6 is 0 Å². The minimum absolute atomic E-state index is 0.128. The Hall–Kier alpha value is -3.02. The largest absolute Gasteiger partial charge is 0.486 e. The molecule has 134 valence electrons. The van der Waals surface area contributed by atoms with Crippen molar-refractivity contribution in [2.75, 3.05) is 30.0 Å². The molecule has 6 heteroatoms. The molecule has 4 rings (SSSR count). The van der Waals surface area contributed by atoms with E-state index in [0.717, 1.165) is 24.2 Å². The molecule has 0 unspecified atom stereocenters.